The second-order valence-electron chi connectivity index (χ2n) is 6.77. The van der Waals surface area contributed by atoms with E-state index in [1.54, 1.807) is 26.0 Å². The van der Waals surface area contributed by atoms with Crippen LogP contribution in [0.3, 0.4) is 0 Å². The van der Waals surface area contributed by atoms with Crippen molar-refractivity contribution in [2.75, 3.05) is 0 Å². The minimum Gasteiger partial charge on any atom is -0.207 e. The van der Waals surface area contributed by atoms with Gasteiger partial charge in [0.1, 0.15) is 6.04 Å². The monoisotopic (exact) mass is 363 g/mol. The van der Waals surface area contributed by atoms with Crippen LogP contribution in [0.15, 0.2) is 17.0 Å². The summed E-state index contributed by atoms with van der Waals surface area (Å²) in [4.78, 5) is -0.0434. The highest BCUT2D eigenvalue weighted by Crippen LogP contribution is 2.36. The van der Waals surface area contributed by atoms with Gasteiger partial charge in [-0.3, -0.25) is 0 Å². The fourth-order valence-corrected chi connectivity index (χ4v) is 5.46. The molecule has 1 aliphatic rings. The Balaban J connectivity index is 2.37. The van der Waals surface area contributed by atoms with Crippen molar-refractivity contribution in [3.8, 4) is 0 Å². The van der Waals surface area contributed by atoms with E-state index in [2.05, 4.69) is 0 Å². The Labute approximate surface area is 141 Å². The Morgan fingerprint density at radius 2 is 1.54 bits per heavy atom. The summed E-state index contributed by atoms with van der Waals surface area (Å²) in [5.41, 5.74) is 1.80. The summed E-state index contributed by atoms with van der Waals surface area (Å²) >= 11 is 0. The van der Waals surface area contributed by atoms with E-state index in [1.807, 2.05) is 11.6 Å². The molecule has 0 unspecified atom stereocenters. The summed E-state index contributed by atoms with van der Waals surface area (Å²) in [5, 5.41) is 0. The van der Waals surface area contributed by atoms with Gasteiger partial charge in [0.25, 0.3) is 0 Å². The lowest BCUT2D eigenvalue weighted by molar-refractivity contribution is -0.165. The van der Waals surface area contributed by atoms with E-state index >= 15 is 0 Å². The summed E-state index contributed by atoms with van der Waals surface area (Å²) in [7, 11) is -4.24. The second-order valence-corrected chi connectivity index (χ2v) is 8.42. The van der Waals surface area contributed by atoms with Crippen LogP contribution in [0, 0.1) is 26.7 Å². The van der Waals surface area contributed by atoms with Crippen molar-refractivity contribution < 1.29 is 21.6 Å². The van der Waals surface area contributed by atoms with Crippen LogP contribution in [0.2, 0.25) is 0 Å². The topological polar surface area (TPSA) is 46.2 Å². The van der Waals surface area contributed by atoms with Crippen LogP contribution in [0.25, 0.3) is 0 Å². The van der Waals surface area contributed by atoms with Gasteiger partial charge in [-0.05, 0) is 50.7 Å². The second kappa shape index (κ2) is 7.04. The summed E-state index contributed by atoms with van der Waals surface area (Å²) < 4.78 is 67.8. The molecule has 0 amide bonds. The fourth-order valence-electron chi connectivity index (χ4n) is 3.71. The van der Waals surface area contributed by atoms with Gasteiger partial charge in [-0.1, -0.05) is 37.0 Å². The van der Waals surface area contributed by atoms with Crippen molar-refractivity contribution in [1.82, 2.24) is 4.72 Å². The first-order valence-corrected chi connectivity index (χ1v) is 9.67. The molecule has 0 radical (unpaired) electrons. The van der Waals surface area contributed by atoms with Gasteiger partial charge < -0.3 is 0 Å². The van der Waals surface area contributed by atoms with Crippen LogP contribution in [-0.4, -0.2) is 20.6 Å². The van der Waals surface area contributed by atoms with Gasteiger partial charge in [-0.25, -0.2) is 8.42 Å². The molecular formula is C17H24F3NO2S. The minimum absolute atomic E-state index is 0.0434. The van der Waals surface area contributed by atoms with Crippen molar-refractivity contribution in [2.24, 2.45) is 5.92 Å². The van der Waals surface area contributed by atoms with E-state index in [1.165, 1.54) is 0 Å². The van der Waals surface area contributed by atoms with E-state index in [0.717, 1.165) is 12.0 Å². The molecule has 0 spiro atoms. The molecule has 1 atom stereocenters. The molecular weight excluding hydrogens is 339 g/mol. The van der Waals surface area contributed by atoms with Gasteiger partial charge in [0, 0.05) is 0 Å². The van der Waals surface area contributed by atoms with Crippen molar-refractivity contribution in [1.29, 1.82) is 0 Å². The van der Waals surface area contributed by atoms with Crippen molar-refractivity contribution >= 4 is 10.0 Å². The van der Waals surface area contributed by atoms with Crippen LogP contribution in [0.5, 0.6) is 0 Å². The molecule has 0 bridgehead atoms. The first-order valence-electron chi connectivity index (χ1n) is 8.19. The first-order chi connectivity index (χ1) is 11.0. The predicted molar refractivity (Wildman–Crippen MR) is 87.4 cm³/mol. The Hall–Kier alpha value is -1.08. The highest BCUT2D eigenvalue weighted by Gasteiger charge is 2.47. The number of aryl methyl sites for hydroxylation is 3. The zero-order valence-electron chi connectivity index (χ0n) is 14.2. The van der Waals surface area contributed by atoms with E-state index in [4.69, 9.17) is 0 Å². The van der Waals surface area contributed by atoms with Crippen LogP contribution in [0.4, 0.5) is 13.2 Å². The van der Waals surface area contributed by atoms with Gasteiger partial charge in [-0.15, -0.1) is 0 Å². The molecule has 1 aromatic carbocycles. The molecule has 0 aliphatic heterocycles. The zero-order chi connectivity index (χ0) is 18.1. The molecule has 0 heterocycles. The third-order valence-electron chi connectivity index (χ3n) is 4.63. The van der Waals surface area contributed by atoms with Gasteiger partial charge in [0.05, 0.1) is 4.90 Å². The third-order valence-corrected chi connectivity index (χ3v) is 6.38. The fraction of sp³-hybridized carbons (Fsp3) is 0.647. The van der Waals surface area contributed by atoms with Gasteiger partial charge >= 0.3 is 6.18 Å². The molecule has 0 saturated heterocycles. The molecule has 24 heavy (non-hydrogen) atoms. The van der Waals surface area contributed by atoms with Crippen LogP contribution in [0.1, 0.15) is 48.8 Å². The highest BCUT2D eigenvalue weighted by molar-refractivity contribution is 7.89. The van der Waals surface area contributed by atoms with Gasteiger partial charge in [0.15, 0.2) is 0 Å². The van der Waals surface area contributed by atoms with E-state index in [-0.39, 0.29) is 4.90 Å². The Morgan fingerprint density at radius 3 is 2.00 bits per heavy atom. The third kappa shape index (κ3) is 4.30. The number of hydrogen-bond acceptors (Lipinski definition) is 2. The quantitative estimate of drug-likeness (QED) is 0.862. The zero-order valence-corrected chi connectivity index (χ0v) is 15.0. The maximum absolute atomic E-state index is 13.5. The number of alkyl halides is 3. The Bertz CT molecular complexity index is 669. The molecule has 1 fully saturated rings. The Morgan fingerprint density at radius 1 is 1.04 bits per heavy atom. The molecule has 1 saturated carbocycles. The molecule has 7 heteroatoms. The molecule has 3 nitrogen and oxygen atoms in total. The van der Waals surface area contributed by atoms with Crippen molar-refractivity contribution in [3.05, 3.63) is 28.8 Å². The highest BCUT2D eigenvalue weighted by atomic mass is 32.2. The molecule has 136 valence electrons. The largest absolute Gasteiger partial charge is 0.405 e. The molecule has 1 N–H and O–H groups in total. The van der Waals surface area contributed by atoms with Gasteiger partial charge in [-0.2, -0.15) is 17.9 Å². The van der Waals surface area contributed by atoms with Crippen molar-refractivity contribution in [2.45, 2.75) is 70.0 Å². The van der Waals surface area contributed by atoms with E-state index < -0.39 is 28.2 Å². The summed E-state index contributed by atoms with van der Waals surface area (Å²) in [5.74, 6) is -0.695. The average Bonchev–Trinajstić information content (AvgIpc) is 2.43. The lowest BCUT2D eigenvalue weighted by Crippen LogP contribution is -2.50. The van der Waals surface area contributed by atoms with Crippen LogP contribution < -0.4 is 4.72 Å². The normalized spacial score (nSPS) is 18.6. The summed E-state index contributed by atoms with van der Waals surface area (Å²) in [6.45, 7) is 5.04. The molecule has 1 aliphatic carbocycles. The number of benzene rings is 1. The minimum atomic E-state index is -4.60. The van der Waals surface area contributed by atoms with Crippen LogP contribution in [-0.2, 0) is 10.0 Å². The Kier molecular flexibility index (Phi) is 5.64. The lowest BCUT2D eigenvalue weighted by Gasteiger charge is -2.32. The molecule has 1 aromatic rings. The van der Waals surface area contributed by atoms with Crippen LogP contribution >= 0.6 is 0 Å². The number of hydrogen-bond donors (Lipinski definition) is 1. The summed E-state index contributed by atoms with van der Waals surface area (Å²) in [6.07, 6.45) is -1.47. The maximum atomic E-state index is 13.5. The van der Waals surface area contributed by atoms with Crippen molar-refractivity contribution in [3.63, 3.8) is 0 Å². The van der Waals surface area contributed by atoms with Gasteiger partial charge in [0.2, 0.25) is 10.0 Å². The SMILES string of the molecule is Cc1cc(C)c(S(=O)(=O)N[C@H](C2CCCCC2)C(F)(F)F)c(C)c1. The van der Waals surface area contributed by atoms with E-state index in [9.17, 15) is 21.6 Å². The van der Waals surface area contributed by atoms with E-state index in [0.29, 0.717) is 36.8 Å². The summed E-state index contributed by atoms with van der Waals surface area (Å²) in [6, 6.07) is 1.32. The molecule has 2 rings (SSSR count). The maximum Gasteiger partial charge on any atom is 0.405 e. The lowest BCUT2D eigenvalue weighted by atomic mass is 9.84. The number of sulfonamides is 1. The predicted octanol–water partition coefficient (Wildman–Crippen LogP) is 4.40. The standard InChI is InChI=1S/C17H24F3NO2S/c1-11-9-12(2)15(13(3)10-11)24(22,23)21-16(17(18,19)20)14-7-5-4-6-8-14/h9-10,14,16,21H,4-8H2,1-3H3/t16-/m1/s1. The number of rotatable bonds is 4. The smallest absolute Gasteiger partial charge is 0.207 e. The number of halogens is 3. The average molecular weight is 363 g/mol. The number of nitrogens with one attached hydrogen (secondary N) is 1. The molecule has 0 aromatic heterocycles. The first kappa shape index (κ1) is 19.2.